The summed E-state index contributed by atoms with van der Waals surface area (Å²) in [6.07, 6.45) is 4.13. The van der Waals surface area contributed by atoms with Gasteiger partial charge in [0, 0.05) is 0 Å². The number of hydrogen-bond donors (Lipinski definition) is 1. The Balaban J connectivity index is 1.69. The largest absolute Gasteiger partial charge is 0.479 e. The first kappa shape index (κ1) is 13.1. The Kier molecular flexibility index (Phi) is 4.02. The van der Waals surface area contributed by atoms with Gasteiger partial charge in [0.05, 0.1) is 6.61 Å². The van der Waals surface area contributed by atoms with E-state index in [4.69, 9.17) is 9.84 Å². The number of benzene rings is 1. The number of aliphatic carboxylic acids is 1. The van der Waals surface area contributed by atoms with Crippen LogP contribution < -0.4 is 0 Å². The summed E-state index contributed by atoms with van der Waals surface area (Å²) >= 11 is 0. The summed E-state index contributed by atoms with van der Waals surface area (Å²) in [5.41, 5.74) is 0.480. The van der Waals surface area contributed by atoms with Crippen molar-refractivity contribution in [3.05, 3.63) is 35.9 Å². The molecule has 1 fully saturated rings. The second kappa shape index (κ2) is 5.53. The molecule has 98 valence electrons. The van der Waals surface area contributed by atoms with Crippen LogP contribution in [0.4, 0.5) is 0 Å². The van der Waals surface area contributed by atoms with Gasteiger partial charge < -0.3 is 9.84 Å². The van der Waals surface area contributed by atoms with E-state index in [1.165, 1.54) is 5.56 Å². The molecule has 1 aliphatic heterocycles. The summed E-state index contributed by atoms with van der Waals surface area (Å²) in [6, 6.07) is 10.4. The van der Waals surface area contributed by atoms with Crippen LogP contribution in [0.5, 0.6) is 0 Å². The molecule has 2 unspecified atom stereocenters. The third-order valence-corrected chi connectivity index (χ3v) is 3.81. The highest BCUT2D eigenvalue weighted by atomic mass is 16.6. The van der Waals surface area contributed by atoms with Crippen molar-refractivity contribution < 1.29 is 14.6 Å². The Bertz CT molecular complexity index is 395. The molecule has 2 atom stereocenters. The van der Waals surface area contributed by atoms with Crippen LogP contribution in [0.3, 0.4) is 0 Å². The average Bonchev–Trinajstić information content (AvgIpc) is 3.17. The highest BCUT2D eigenvalue weighted by Gasteiger charge is 2.56. The van der Waals surface area contributed by atoms with Gasteiger partial charge in [-0.2, -0.15) is 0 Å². The van der Waals surface area contributed by atoms with Crippen LogP contribution in [0.15, 0.2) is 30.3 Å². The molecule has 1 aliphatic rings. The zero-order valence-electron chi connectivity index (χ0n) is 10.8. The van der Waals surface area contributed by atoms with Crippen molar-refractivity contribution >= 4 is 5.97 Å². The summed E-state index contributed by atoms with van der Waals surface area (Å²) in [4.78, 5) is 11.1. The van der Waals surface area contributed by atoms with E-state index in [1.54, 1.807) is 0 Å². The van der Waals surface area contributed by atoms with E-state index >= 15 is 0 Å². The Labute approximate surface area is 108 Å². The molecule has 0 radical (unpaired) electrons. The molecule has 0 aliphatic carbocycles. The minimum absolute atomic E-state index is 0.103. The Hall–Kier alpha value is -1.35. The Morgan fingerprint density at radius 3 is 2.61 bits per heavy atom. The van der Waals surface area contributed by atoms with Gasteiger partial charge in [-0.15, -0.1) is 0 Å². The molecule has 0 amide bonds. The molecule has 0 bridgehead atoms. The van der Waals surface area contributed by atoms with Gasteiger partial charge in [0.2, 0.25) is 0 Å². The molecule has 1 N–H and O–H groups in total. The van der Waals surface area contributed by atoms with E-state index < -0.39 is 11.6 Å². The molecule has 0 spiro atoms. The van der Waals surface area contributed by atoms with Gasteiger partial charge in [0.1, 0.15) is 0 Å². The summed E-state index contributed by atoms with van der Waals surface area (Å²) in [5, 5.41) is 9.08. The van der Waals surface area contributed by atoms with Crippen molar-refractivity contribution in [2.24, 2.45) is 5.92 Å². The van der Waals surface area contributed by atoms with Crippen LogP contribution in [0, 0.1) is 5.92 Å². The molecule has 1 heterocycles. The topological polar surface area (TPSA) is 49.8 Å². The van der Waals surface area contributed by atoms with Crippen molar-refractivity contribution in [3.8, 4) is 0 Å². The van der Waals surface area contributed by atoms with Crippen LogP contribution >= 0.6 is 0 Å². The third kappa shape index (κ3) is 2.91. The van der Waals surface area contributed by atoms with Crippen LogP contribution in [-0.4, -0.2) is 23.3 Å². The van der Waals surface area contributed by atoms with Crippen molar-refractivity contribution in [1.82, 2.24) is 0 Å². The summed E-state index contributed by atoms with van der Waals surface area (Å²) < 4.78 is 5.14. The monoisotopic (exact) mass is 248 g/mol. The molecule has 18 heavy (non-hydrogen) atoms. The zero-order chi connectivity index (χ0) is 13.0. The minimum atomic E-state index is -0.868. The SMILES string of the molecule is CC(CCCCc1ccccc1)C1(C(=O)O)CO1. The molecule has 2 rings (SSSR count). The van der Waals surface area contributed by atoms with Crippen molar-refractivity contribution in [3.63, 3.8) is 0 Å². The maximum absolute atomic E-state index is 11.1. The minimum Gasteiger partial charge on any atom is -0.479 e. The first-order chi connectivity index (χ1) is 8.65. The van der Waals surface area contributed by atoms with E-state index in [0.29, 0.717) is 6.61 Å². The molecular formula is C15H20O3. The first-order valence-corrected chi connectivity index (χ1v) is 6.56. The number of epoxide rings is 1. The molecule has 1 saturated heterocycles. The lowest BCUT2D eigenvalue weighted by atomic mass is 9.89. The number of ether oxygens (including phenoxy) is 1. The smallest absolute Gasteiger partial charge is 0.338 e. The fraction of sp³-hybridized carbons (Fsp3) is 0.533. The predicted octanol–water partition coefficient (Wildman–Crippen LogP) is 2.89. The number of aryl methyl sites for hydroxylation is 1. The third-order valence-electron chi connectivity index (χ3n) is 3.81. The predicted molar refractivity (Wildman–Crippen MR) is 69.5 cm³/mol. The summed E-state index contributed by atoms with van der Waals surface area (Å²) in [7, 11) is 0. The van der Waals surface area contributed by atoms with E-state index in [1.807, 2.05) is 13.0 Å². The van der Waals surface area contributed by atoms with E-state index in [9.17, 15) is 4.79 Å². The number of carboxylic acid groups (broad SMARTS) is 1. The normalized spacial score (nSPS) is 23.6. The summed E-state index contributed by atoms with van der Waals surface area (Å²) in [5.74, 6) is -0.705. The number of unbranched alkanes of at least 4 members (excludes halogenated alkanes) is 1. The van der Waals surface area contributed by atoms with Gasteiger partial charge in [0.25, 0.3) is 0 Å². The molecule has 3 nitrogen and oxygen atoms in total. The van der Waals surface area contributed by atoms with Gasteiger partial charge >= 0.3 is 5.97 Å². The zero-order valence-corrected chi connectivity index (χ0v) is 10.8. The van der Waals surface area contributed by atoms with Gasteiger partial charge in [-0.25, -0.2) is 4.79 Å². The highest BCUT2D eigenvalue weighted by Crippen LogP contribution is 2.38. The van der Waals surface area contributed by atoms with Crippen LogP contribution in [0.25, 0.3) is 0 Å². The van der Waals surface area contributed by atoms with Crippen LogP contribution in [0.2, 0.25) is 0 Å². The average molecular weight is 248 g/mol. The number of carboxylic acids is 1. The fourth-order valence-corrected chi connectivity index (χ4v) is 2.35. The fourth-order valence-electron chi connectivity index (χ4n) is 2.35. The van der Waals surface area contributed by atoms with Crippen molar-refractivity contribution in [2.45, 2.75) is 38.2 Å². The van der Waals surface area contributed by atoms with Crippen LogP contribution in [-0.2, 0) is 16.0 Å². The Morgan fingerprint density at radius 2 is 2.06 bits per heavy atom. The molecule has 1 aromatic carbocycles. The number of carbonyl (C=O) groups is 1. The molecule has 1 aromatic rings. The van der Waals surface area contributed by atoms with Crippen LogP contribution in [0.1, 0.15) is 31.7 Å². The number of hydrogen-bond acceptors (Lipinski definition) is 2. The lowest BCUT2D eigenvalue weighted by Crippen LogP contribution is -2.31. The lowest BCUT2D eigenvalue weighted by Gasteiger charge is -2.15. The van der Waals surface area contributed by atoms with E-state index in [-0.39, 0.29) is 5.92 Å². The Morgan fingerprint density at radius 1 is 1.39 bits per heavy atom. The van der Waals surface area contributed by atoms with E-state index in [2.05, 4.69) is 24.3 Å². The first-order valence-electron chi connectivity index (χ1n) is 6.56. The van der Waals surface area contributed by atoms with Gasteiger partial charge in [-0.3, -0.25) is 0 Å². The van der Waals surface area contributed by atoms with Gasteiger partial charge in [0.15, 0.2) is 5.60 Å². The molecule has 0 saturated carbocycles. The summed E-state index contributed by atoms with van der Waals surface area (Å²) in [6.45, 7) is 2.35. The maximum Gasteiger partial charge on any atom is 0.338 e. The maximum atomic E-state index is 11.1. The van der Waals surface area contributed by atoms with E-state index in [0.717, 1.165) is 25.7 Å². The van der Waals surface area contributed by atoms with Gasteiger partial charge in [-0.1, -0.05) is 43.7 Å². The quantitative estimate of drug-likeness (QED) is 0.596. The standard InChI is InChI=1S/C15H20O3/c1-12(15(11-18-15)14(16)17)7-5-6-10-13-8-3-2-4-9-13/h2-4,8-9,12H,5-7,10-11H2,1H3,(H,16,17). The molecule has 0 aromatic heterocycles. The highest BCUT2D eigenvalue weighted by molar-refractivity contribution is 5.80. The number of rotatable bonds is 7. The molecular weight excluding hydrogens is 228 g/mol. The lowest BCUT2D eigenvalue weighted by molar-refractivity contribution is -0.145. The second-order valence-electron chi connectivity index (χ2n) is 5.12. The van der Waals surface area contributed by atoms with Crippen molar-refractivity contribution in [1.29, 1.82) is 0 Å². The van der Waals surface area contributed by atoms with Crippen molar-refractivity contribution in [2.75, 3.05) is 6.61 Å². The van der Waals surface area contributed by atoms with Gasteiger partial charge in [-0.05, 0) is 30.7 Å². The second-order valence-corrected chi connectivity index (χ2v) is 5.12. The molecule has 3 heteroatoms.